The maximum absolute atomic E-state index is 13.9. The van der Waals surface area contributed by atoms with E-state index in [1.165, 1.54) is 6.42 Å². The molecular formula is C29H41N3O4S. The van der Waals surface area contributed by atoms with E-state index in [0.29, 0.717) is 12.1 Å². The minimum Gasteiger partial charge on any atom is -0.352 e. The summed E-state index contributed by atoms with van der Waals surface area (Å²) in [4.78, 5) is 28.8. The smallest absolute Gasteiger partial charge is 0.244 e. The lowest BCUT2D eigenvalue weighted by molar-refractivity contribution is -0.140. The van der Waals surface area contributed by atoms with E-state index < -0.39 is 22.0 Å². The summed E-state index contributed by atoms with van der Waals surface area (Å²) >= 11 is 0. The van der Waals surface area contributed by atoms with E-state index in [4.69, 9.17) is 0 Å². The van der Waals surface area contributed by atoms with Crippen LogP contribution >= 0.6 is 0 Å². The Morgan fingerprint density at radius 3 is 2.16 bits per heavy atom. The molecule has 1 aliphatic rings. The number of nitrogens with zero attached hydrogens (tertiary/aromatic N) is 2. The molecule has 202 valence electrons. The molecule has 0 aliphatic heterocycles. The second-order valence-corrected chi connectivity index (χ2v) is 12.2. The molecule has 3 rings (SSSR count). The van der Waals surface area contributed by atoms with Crippen molar-refractivity contribution in [2.45, 2.75) is 84.8 Å². The van der Waals surface area contributed by atoms with Crippen molar-refractivity contribution in [1.82, 2.24) is 10.2 Å². The van der Waals surface area contributed by atoms with Gasteiger partial charge in [0, 0.05) is 12.6 Å². The van der Waals surface area contributed by atoms with Gasteiger partial charge in [0.15, 0.2) is 0 Å². The topological polar surface area (TPSA) is 86.8 Å². The third kappa shape index (κ3) is 7.81. The summed E-state index contributed by atoms with van der Waals surface area (Å²) in [6.45, 7) is 7.50. The van der Waals surface area contributed by atoms with Gasteiger partial charge in [0.05, 0.1) is 11.9 Å². The van der Waals surface area contributed by atoms with Crippen molar-refractivity contribution < 1.29 is 18.0 Å². The first-order chi connectivity index (χ1) is 17.5. The summed E-state index contributed by atoms with van der Waals surface area (Å²) in [5.41, 5.74) is 4.23. The lowest BCUT2D eigenvalue weighted by atomic mass is 9.95. The predicted octanol–water partition coefficient (Wildman–Crippen LogP) is 4.63. The van der Waals surface area contributed by atoms with E-state index >= 15 is 0 Å². The molecule has 7 nitrogen and oxygen atoms in total. The van der Waals surface area contributed by atoms with Crippen molar-refractivity contribution in [1.29, 1.82) is 0 Å². The number of sulfonamides is 1. The number of carbonyl (C=O) groups is 2. The first-order valence-electron chi connectivity index (χ1n) is 13.2. The molecule has 37 heavy (non-hydrogen) atoms. The number of aryl methyl sites for hydroxylation is 3. The van der Waals surface area contributed by atoms with E-state index in [-0.39, 0.29) is 25.0 Å². The minimum absolute atomic E-state index is 0.120. The number of anilines is 1. The van der Waals surface area contributed by atoms with Crippen LogP contribution in [0.4, 0.5) is 5.69 Å². The molecule has 1 saturated carbocycles. The van der Waals surface area contributed by atoms with E-state index in [0.717, 1.165) is 58.5 Å². The van der Waals surface area contributed by atoms with Crippen molar-refractivity contribution in [3.8, 4) is 0 Å². The Balaban J connectivity index is 1.93. The quantitative estimate of drug-likeness (QED) is 0.488. The zero-order valence-electron chi connectivity index (χ0n) is 22.8. The fourth-order valence-corrected chi connectivity index (χ4v) is 5.94. The molecule has 0 radical (unpaired) electrons. The number of amides is 2. The van der Waals surface area contributed by atoms with Crippen LogP contribution in [0.25, 0.3) is 0 Å². The van der Waals surface area contributed by atoms with Crippen molar-refractivity contribution >= 4 is 27.5 Å². The first-order valence-corrected chi connectivity index (χ1v) is 15.0. The van der Waals surface area contributed by atoms with Gasteiger partial charge in [-0.05, 0) is 57.2 Å². The average Bonchev–Trinajstić information content (AvgIpc) is 2.84. The van der Waals surface area contributed by atoms with Crippen LogP contribution in [0.2, 0.25) is 0 Å². The van der Waals surface area contributed by atoms with Crippen molar-refractivity contribution in [3.05, 3.63) is 64.7 Å². The zero-order chi connectivity index (χ0) is 27.2. The normalized spacial score (nSPS) is 15.2. The van der Waals surface area contributed by atoms with E-state index in [2.05, 4.69) is 5.32 Å². The number of nitrogens with one attached hydrogen (secondary N) is 1. The molecule has 2 amide bonds. The summed E-state index contributed by atoms with van der Waals surface area (Å²) in [7, 11) is -3.75. The van der Waals surface area contributed by atoms with Crippen LogP contribution in [0.1, 0.15) is 67.7 Å². The molecule has 0 unspecified atom stereocenters. The molecule has 2 aromatic rings. The van der Waals surface area contributed by atoms with Gasteiger partial charge in [0.25, 0.3) is 0 Å². The third-order valence-electron chi connectivity index (χ3n) is 7.11. The number of benzene rings is 2. The molecule has 8 heteroatoms. The van der Waals surface area contributed by atoms with Gasteiger partial charge in [-0.1, -0.05) is 73.7 Å². The summed E-state index contributed by atoms with van der Waals surface area (Å²) in [6.07, 6.45) is 6.79. The predicted molar refractivity (Wildman–Crippen MR) is 149 cm³/mol. The fraction of sp³-hybridized carbons (Fsp3) is 0.517. The second-order valence-electron chi connectivity index (χ2n) is 10.3. The first kappa shape index (κ1) is 28.7. The van der Waals surface area contributed by atoms with E-state index in [1.807, 2.05) is 64.1 Å². The second kappa shape index (κ2) is 12.6. The van der Waals surface area contributed by atoms with Gasteiger partial charge in [0.2, 0.25) is 21.8 Å². The average molecular weight is 528 g/mol. The third-order valence-corrected chi connectivity index (χ3v) is 8.24. The Morgan fingerprint density at radius 1 is 0.973 bits per heavy atom. The highest BCUT2D eigenvalue weighted by Crippen LogP contribution is 2.25. The standard InChI is InChI=1S/C29H41N3O4S/c1-6-26(29(34)30-25-10-8-7-9-11-25)31(19-24-15-12-21(2)13-16-24)28(33)20-32(37(5,35)36)27-17-14-22(3)18-23(27)4/h12-18,25-26H,6-11,19-20H2,1-5H3,(H,30,34)/t26-/m1/s1. The zero-order valence-corrected chi connectivity index (χ0v) is 23.6. The summed E-state index contributed by atoms with van der Waals surface area (Å²) in [5.74, 6) is -0.580. The van der Waals surface area contributed by atoms with Crippen molar-refractivity contribution in [2.24, 2.45) is 0 Å². The monoisotopic (exact) mass is 527 g/mol. The van der Waals surface area contributed by atoms with Crippen LogP contribution < -0.4 is 9.62 Å². The SMILES string of the molecule is CC[C@H](C(=O)NC1CCCCC1)N(Cc1ccc(C)cc1)C(=O)CN(c1ccc(C)cc1C)S(C)(=O)=O. The fourth-order valence-electron chi connectivity index (χ4n) is 5.03. The Bertz CT molecular complexity index is 1190. The van der Waals surface area contributed by atoms with Crippen LogP contribution in [0, 0.1) is 20.8 Å². The Labute approximate surface area is 222 Å². The van der Waals surface area contributed by atoms with Crippen LogP contribution in [-0.4, -0.2) is 50.0 Å². The summed E-state index contributed by atoms with van der Waals surface area (Å²) in [5, 5.41) is 3.17. The largest absolute Gasteiger partial charge is 0.352 e. The van der Waals surface area contributed by atoms with Crippen molar-refractivity contribution in [3.63, 3.8) is 0 Å². The number of rotatable bonds is 10. The van der Waals surface area contributed by atoms with Crippen LogP contribution in [0.3, 0.4) is 0 Å². The molecule has 1 N–H and O–H groups in total. The van der Waals surface area contributed by atoms with E-state index in [1.54, 1.807) is 11.0 Å². The van der Waals surface area contributed by atoms with Gasteiger partial charge in [0.1, 0.15) is 12.6 Å². The van der Waals surface area contributed by atoms with Crippen LogP contribution in [0.5, 0.6) is 0 Å². The van der Waals surface area contributed by atoms with Crippen LogP contribution in [-0.2, 0) is 26.2 Å². The molecule has 1 atom stereocenters. The molecule has 1 fully saturated rings. The summed E-state index contributed by atoms with van der Waals surface area (Å²) in [6, 6.07) is 12.7. The molecule has 0 heterocycles. The van der Waals surface area contributed by atoms with Gasteiger partial charge in [-0.2, -0.15) is 0 Å². The maximum atomic E-state index is 13.9. The molecular weight excluding hydrogens is 486 g/mol. The van der Waals surface area contributed by atoms with Gasteiger partial charge < -0.3 is 10.2 Å². The number of carbonyl (C=O) groups excluding carboxylic acids is 2. The van der Waals surface area contributed by atoms with Gasteiger partial charge in [-0.3, -0.25) is 13.9 Å². The Hall–Kier alpha value is -2.87. The Morgan fingerprint density at radius 2 is 1.59 bits per heavy atom. The molecule has 0 aromatic heterocycles. The maximum Gasteiger partial charge on any atom is 0.244 e. The lowest BCUT2D eigenvalue weighted by Gasteiger charge is -2.34. The van der Waals surface area contributed by atoms with Gasteiger partial charge in [-0.15, -0.1) is 0 Å². The highest BCUT2D eigenvalue weighted by Gasteiger charge is 2.33. The molecule has 0 saturated heterocycles. The lowest BCUT2D eigenvalue weighted by Crippen LogP contribution is -2.54. The molecule has 2 aromatic carbocycles. The number of hydrogen-bond donors (Lipinski definition) is 1. The molecule has 0 spiro atoms. The summed E-state index contributed by atoms with van der Waals surface area (Å²) < 4.78 is 26.8. The molecule has 1 aliphatic carbocycles. The van der Waals surface area contributed by atoms with Crippen LogP contribution in [0.15, 0.2) is 42.5 Å². The Kier molecular flexibility index (Phi) is 9.76. The van der Waals surface area contributed by atoms with Gasteiger partial charge in [-0.25, -0.2) is 8.42 Å². The van der Waals surface area contributed by atoms with E-state index in [9.17, 15) is 18.0 Å². The number of hydrogen-bond acceptors (Lipinski definition) is 4. The highest BCUT2D eigenvalue weighted by atomic mass is 32.2. The minimum atomic E-state index is -3.75. The molecule has 0 bridgehead atoms. The van der Waals surface area contributed by atoms with Crippen molar-refractivity contribution in [2.75, 3.05) is 17.1 Å². The van der Waals surface area contributed by atoms with Gasteiger partial charge >= 0.3 is 0 Å². The highest BCUT2D eigenvalue weighted by molar-refractivity contribution is 7.92.